The number of benzene rings is 2. The van der Waals surface area contributed by atoms with Gasteiger partial charge >= 0.3 is 17.9 Å². The van der Waals surface area contributed by atoms with E-state index in [1.54, 1.807) is 36.4 Å². The first-order valence-electron chi connectivity index (χ1n) is 9.44. The lowest BCUT2D eigenvalue weighted by Gasteiger charge is -2.40. The number of rotatable bonds is 7. The summed E-state index contributed by atoms with van der Waals surface area (Å²) in [6.45, 7) is 4.71. The Morgan fingerprint density at radius 1 is 0.933 bits per heavy atom. The Bertz CT molecular complexity index is 929. The van der Waals surface area contributed by atoms with Crippen molar-refractivity contribution in [3.63, 3.8) is 0 Å². The Balaban J connectivity index is 2.17. The summed E-state index contributed by atoms with van der Waals surface area (Å²) < 4.78 is 22.5. The van der Waals surface area contributed by atoms with Crippen LogP contribution in [0.1, 0.15) is 44.7 Å². The number of carbonyl (C=O) groups is 3. The number of fused-ring (bicyclic) bond motifs is 2. The fourth-order valence-corrected chi connectivity index (χ4v) is 3.59. The molecule has 0 atom stereocenters. The van der Waals surface area contributed by atoms with E-state index in [-0.39, 0.29) is 24.3 Å². The molecular weight excluding hydrogens is 392 g/mol. The molecule has 3 rings (SSSR count). The normalized spacial score (nSPS) is 13.4. The van der Waals surface area contributed by atoms with Gasteiger partial charge in [-0.15, -0.1) is 0 Å². The quantitative estimate of drug-likeness (QED) is 0.539. The topological polar surface area (TPSA) is 108 Å². The predicted molar refractivity (Wildman–Crippen MR) is 105 cm³/mol. The molecule has 2 aromatic carbocycles. The third-order valence-electron chi connectivity index (χ3n) is 4.60. The number of hydrogen-bond donors (Lipinski definition) is 1. The highest BCUT2D eigenvalue weighted by Crippen LogP contribution is 2.52. The van der Waals surface area contributed by atoms with Gasteiger partial charge < -0.3 is 24.1 Å². The molecule has 0 amide bonds. The molecule has 0 fully saturated rings. The minimum absolute atomic E-state index is 0.143. The van der Waals surface area contributed by atoms with E-state index in [4.69, 9.17) is 18.9 Å². The number of carboxylic acids is 1. The maximum atomic E-state index is 11.4. The molecule has 0 bridgehead atoms. The van der Waals surface area contributed by atoms with E-state index in [2.05, 4.69) is 0 Å². The van der Waals surface area contributed by atoms with Crippen LogP contribution in [-0.4, -0.2) is 29.6 Å². The smallest absolute Gasteiger partial charge is 0.308 e. The molecule has 0 radical (unpaired) electrons. The van der Waals surface area contributed by atoms with Gasteiger partial charge in [-0.1, -0.05) is 0 Å². The summed E-state index contributed by atoms with van der Waals surface area (Å²) in [7, 11) is 0. The Morgan fingerprint density at radius 2 is 1.43 bits per heavy atom. The average Bonchev–Trinajstić information content (AvgIpc) is 2.65. The summed E-state index contributed by atoms with van der Waals surface area (Å²) >= 11 is 0. The molecule has 1 N–H and O–H groups in total. The molecule has 1 aliphatic heterocycles. The monoisotopic (exact) mass is 414 g/mol. The molecule has 1 aliphatic rings. The number of hydrogen-bond acceptors (Lipinski definition) is 7. The van der Waals surface area contributed by atoms with Crippen molar-refractivity contribution in [2.75, 3.05) is 6.61 Å². The maximum absolute atomic E-state index is 11.4. The molecule has 30 heavy (non-hydrogen) atoms. The number of carbonyl (C=O) groups excluding carboxylic acids is 2. The van der Waals surface area contributed by atoms with Gasteiger partial charge in [-0.05, 0) is 37.6 Å². The van der Waals surface area contributed by atoms with Gasteiger partial charge in [0.05, 0.1) is 0 Å². The van der Waals surface area contributed by atoms with Gasteiger partial charge in [0, 0.05) is 50.1 Å². The standard InChI is InChI=1S/C22H22O8/c1-4-27-22(10-9-21(25)26)17-7-5-15(28-13(2)23)11-19(17)30-20-12-16(29-14(3)24)6-8-18(20)22/h5-8,11-12H,4,9-10H2,1-3H3,(H,25,26). The van der Waals surface area contributed by atoms with Crippen LogP contribution in [0.25, 0.3) is 0 Å². The lowest BCUT2D eigenvalue weighted by atomic mass is 9.79. The second kappa shape index (κ2) is 8.54. The molecule has 158 valence electrons. The van der Waals surface area contributed by atoms with Crippen LogP contribution in [-0.2, 0) is 24.7 Å². The van der Waals surface area contributed by atoms with E-state index >= 15 is 0 Å². The minimum Gasteiger partial charge on any atom is -0.481 e. The van der Waals surface area contributed by atoms with Gasteiger partial charge in [-0.3, -0.25) is 14.4 Å². The van der Waals surface area contributed by atoms with Crippen molar-refractivity contribution in [2.24, 2.45) is 0 Å². The van der Waals surface area contributed by atoms with Crippen LogP contribution in [0.4, 0.5) is 0 Å². The first-order chi connectivity index (χ1) is 14.2. The van der Waals surface area contributed by atoms with Gasteiger partial charge in [0.1, 0.15) is 28.6 Å². The predicted octanol–water partition coefficient (Wildman–Crippen LogP) is 3.79. The number of carboxylic acid groups (broad SMARTS) is 1. The van der Waals surface area contributed by atoms with E-state index in [9.17, 15) is 19.5 Å². The van der Waals surface area contributed by atoms with E-state index < -0.39 is 23.5 Å². The molecule has 2 aromatic rings. The van der Waals surface area contributed by atoms with Gasteiger partial charge in [-0.2, -0.15) is 0 Å². The zero-order valence-corrected chi connectivity index (χ0v) is 16.9. The number of esters is 2. The Morgan fingerprint density at radius 3 is 1.83 bits per heavy atom. The number of aliphatic carboxylic acids is 1. The van der Waals surface area contributed by atoms with E-state index in [1.807, 2.05) is 6.92 Å². The van der Waals surface area contributed by atoms with Crippen molar-refractivity contribution >= 4 is 17.9 Å². The van der Waals surface area contributed by atoms with Crippen molar-refractivity contribution in [1.29, 1.82) is 0 Å². The summed E-state index contributed by atoms with van der Waals surface area (Å²) in [5, 5.41) is 9.31. The molecule has 0 saturated carbocycles. The van der Waals surface area contributed by atoms with Gasteiger partial charge in [0.2, 0.25) is 0 Å². The zero-order valence-electron chi connectivity index (χ0n) is 16.9. The lowest BCUT2D eigenvalue weighted by Crippen LogP contribution is -2.35. The molecular formula is C22H22O8. The molecule has 8 nitrogen and oxygen atoms in total. The van der Waals surface area contributed by atoms with Crippen LogP contribution in [0.5, 0.6) is 23.0 Å². The average molecular weight is 414 g/mol. The molecule has 1 heterocycles. The highest BCUT2D eigenvalue weighted by molar-refractivity contribution is 5.71. The van der Waals surface area contributed by atoms with Crippen LogP contribution in [0, 0.1) is 0 Å². The van der Waals surface area contributed by atoms with Crippen LogP contribution in [0.3, 0.4) is 0 Å². The Kier molecular flexibility index (Phi) is 6.07. The van der Waals surface area contributed by atoms with Gasteiger partial charge in [0.15, 0.2) is 0 Å². The van der Waals surface area contributed by atoms with Crippen molar-refractivity contribution < 1.29 is 38.4 Å². The molecule has 8 heteroatoms. The maximum Gasteiger partial charge on any atom is 0.308 e. The third kappa shape index (κ3) is 4.28. The first kappa shape index (κ1) is 21.3. The van der Waals surface area contributed by atoms with Crippen molar-refractivity contribution in [1.82, 2.24) is 0 Å². The zero-order chi connectivity index (χ0) is 21.9. The second-order valence-corrected chi connectivity index (χ2v) is 6.76. The molecule has 0 spiro atoms. The highest BCUT2D eigenvalue weighted by Gasteiger charge is 2.43. The van der Waals surface area contributed by atoms with Gasteiger partial charge in [-0.25, -0.2) is 0 Å². The summed E-state index contributed by atoms with van der Waals surface area (Å²) in [4.78, 5) is 34.0. The van der Waals surface area contributed by atoms with Crippen LogP contribution < -0.4 is 14.2 Å². The summed E-state index contributed by atoms with van der Waals surface area (Å²) in [6, 6.07) is 9.72. The van der Waals surface area contributed by atoms with Crippen LogP contribution in [0.15, 0.2) is 36.4 Å². The highest BCUT2D eigenvalue weighted by atomic mass is 16.5. The number of ether oxygens (including phenoxy) is 4. The SMILES string of the molecule is CCOC1(CCC(=O)O)c2ccc(OC(C)=O)cc2Oc2cc(OC(C)=O)ccc21. The molecule has 0 saturated heterocycles. The fourth-order valence-electron chi connectivity index (χ4n) is 3.59. The molecule has 0 unspecified atom stereocenters. The summed E-state index contributed by atoms with van der Waals surface area (Å²) in [5.41, 5.74) is 0.142. The van der Waals surface area contributed by atoms with Crippen LogP contribution >= 0.6 is 0 Å². The van der Waals surface area contributed by atoms with E-state index in [0.29, 0.717) is 29.2 Å². The van der Waals surface area contributed by atoms with Gasteiger partial charge in [0.25, 0.3) is 0 Å². The molecule has 0 aromatic heterocycles. The van der Waals surface area contributed by atoms with Crippen molar-refractivity contribution in [2.45, 2.75) is 39.2 Å². The largest absolute Gasteiger partial charge is 0.481 e. The summed E-state index contributed by atoms with van der Waals surface area (Å²) in [6.07, 6.45) is 0.00956. The van der Waals surface area contributed by atoms with Crippen molar-refractivity contribution in [3.05, 3.63) is 47.5 Å². The fraction of sp³-hybridized carbons (Fsp3) is 0.318. The Hall–Kier alpha value is -3.39. The van der Waals surface area contributed by atoms with E-state index in [0.717, 1.165) is 0 Å². The van der Waals surface area contributed by atoms with E-state index in [1.165, 1.54) is 13.8 Å². The second-order valence-electron chi connectivity index (χ2n) is 6.76. The van der Waals surface area contributed by atoms with Crippen LogP contribution in [0.2, 0.25) is 0 Å². The Labute approximate surface area is 173 Å². The summed E-state index contributed by atoms with van der Waals surface area (Å²) in [5.74, 6) is -0.638. The first-order valence-corrected chi connectivity index (χ1v) is 9.44. The third-order valence-corrected chi connectivity index (χ3v) is 4.60. The molecule has 0 aliphatic carbocycles. The lowest BCUT2D eigenvalue weighted by molar-refractivity contribution is -0.139. The minimum atomic E-state index is -1.10. The van der Waals surface area contributed by atoms with Crippen molar-refractivity contribution in [3.8, 4) is 23.0 Å².